The molecule has 3 aliphatic rings. The van der Waals surface area contributed by atoms with Gasteiger partial charge in [-0.1, -0.05) is 11.2 Å². The Morgan fingerprint density at radius 2 is 2.03 bits per heavy atom. The van der Waals surface area contributed by atoms with Crippen LogP contribution >= 0.6 is 0 Å². The molecule has 3 aliphatic heterocycles. The van der Waals surface area contributed by atoms with Crippen LogP contribution in [-0.4, -0.2) is 79.7 Å². The Bertz CT molecular complexity index is 1480. The standard InChI is InChI=1S/C24H24F2N8O3/c1-14-6-19(31-37-14)22-29-28-21-7-20(33-12-24(25,26)13-33)23(30-34(21)22)36-9-16-3-2-15-8-32(17-10-35-11-17)5-4-18(15)27-16/h2-3,6-7,17H,4-5,8-13H2,1H3. The highest BCUT2D eigenvalue weighted by atomic mass is 19.3. The molecular formula is C24H24F2N8O3. The number of fused-ring (bicyclic) bond motifs is 2. The van der Waals surface area contributed by atoms with Gasteiger partial charge in [0.1, 0.15) is 18.1 Å². The lowest BCUT2D eigenvalue weighted by Gasteiger charge is -2.40. The summed E-state index contributed by atoms with van der Waals surface area (Å²) in [6, 6.07) is 7.90. The van der Waals surface area contributed by atoms with E-state index in [2.05, 4.69) is 31.4 Å². The number of halogens is 2. The molecule has 7 rings (SSSR count). The first kappa shape index (κ1) is 22.5. The summed E-state index contributed by atoms with van der Waals surface area (Å²) in [4.78, 5) is 8.78. The molecule has 0 amide bonds. The number of hydrogen-bond donors (Lipinski definition) is 0. The molecule has 0 spiro atoms. The lowest BCUT2D eigenvalue weighted by Crippen LogP contribution is -2.56. The first-order chi connectivity index (χ1) is 17.9. The smallest absolute Gasteiger partial charge is 0.282 e. The van der Waals surface area contributed by atoms with Gasteiger partial charge in [-0.15, -0.1) is 15.3 Å². The van der Waals surface area contributed by atoms with Crippen LogP contribution in [0.4, 0.5) is 14.5 Å². The molecule has 2 saturated heterocycles. The van der Waals surface area contributed by atoms with Gasteiger partial charge in [0.25, 0.3) is 11.8 Å². The fourth-order valence-electron chi connectivity index (χ4n) is 4.90. The molecule has 0 saturated carbocycles. The molecule has 0 aliphatic carbocycles. The Hall–Kier alpha value is -3.71. The van der Waals surface area contributed by atoms with Gasteiger partial charge >= 0.3 is 0 Å². The van der Waals surface area contributed by atoms with Gasteiger partial charge in [-0.2, -0.15) is 4.52 Å². The number of ether oxygens (including phenoxy) is 2. The van der Waals surface area contributed by atoms with Crippen molar-refractivity contribution >= 4 is 11.3 Å². The van der Waals surface area contributed by atoms with E-state index in [4.69, 9.17) is 19.0 Å². The second-order valence-electron chi connectivity index (χ2n) is 9.77. The molecule has 0 atom stereocenters. The molecule has 192 valence electrons. The molecule has 4 aromatic heterocycles. The van der Waals surface area contributed by atoms with Crippen molar-refractivity contribution in [3.63, 3.8) is 0 Å². The van der Waals surface area contributed by atoms with Crippen molar-refractivity contribution in [2.24, 2.45) is 0 Å². The first-order valence-electron chi connectivity index (χ1n) is 12.2. The number of aryl methyl sites for hydroxylation is 1. The highest BCUT2D eigenvalue weighted by Crippen LogP contribution is 2.37. The highest BCUT2D eigenvalue weighted by Gasteiger charge is 2.45. The van der Waals surface area contributed by atoms with Gasteiger partial charge in [-0.25, -0.2) is 8.78 Å². The van der Waals surface area contributed by atoms with E-state index in [1.165, 1.54) is 15.0 Å². The lowest BCUT2D eigenvalue weighted by atomic mass is 10.0. The van der Waals surface area contributed by atoms with Gasteiger partial charge in [-0.3, -0.25) is 9.88 Å². The number of pyridine rings is 1. The summed E-state index contributed by atoms with van der Waals surface area (Å²) in [5.41, 5.74) is 4.31. The fourth-order valence-corrected chi connectivity index (χ4v) is 4.90. The Balaban J connectivity index is 1.16. The number of alkyl halides is 2. The van der Waals surface area contributed by atoms with Crippen LogP contribution in [0.25, 0.3) is 17.2 Å². The van der Waals surface area contributed by atoms with Crippen molar-refractivity contribution in [3.8, 4) is 17.4 Å². The maximum Gasteiger partial charge on any atom is 0.282 e. The predicted octanol–water partition coefficient (Wildman–Crippen LogP) is 2.27. The van der Waals surface area contributed by atoms with Crippen molar-refractivity contribution in [3.05, 3.63) is 47.0 Å². The fraction of sp³-hybridized carbons (Fsp3) is 0.458. The van der Waals surface area contributed by atoms with E-state index >= 15 is 0 Å². The van der Waals surface area contributed by atoms with Gasteiger partial charge in [0, 0.05) is 37.3 Å². The van der Waals surface area contributed by atoms with Crippen LogP contribution in [-0.2, 0) is 24.3 Å². The Kier molecular flexibility index (Phi) is 5.11. The third kappa shape index (κ3) is 4.07. The summed E-state index contributed by atoms with van der Waals surface area (Å²) in [5.74, 6) is -1.57. The van der Waals surface area contributed by atoms with Crippen LogP contribution in [0.15, 0.2) is 28.8 Å². The monoisotopic (exact) mass is 510 g/mol. The van der Waals surface area contributed by atoms with Gasteiger partial charge in [0.05, 0.1) is 38.0 Å². The van der Waals surface area contributed by atoms with E-state index < -0.39 is 19.0 Å². The van der Waals surface area contributed by atoms with E-state index in [-0.39, 0.29) is 12.5 Å². The molecule has 0 unspecified atom stereocenters. The molecule has 0 radical (unpaired) electrons. The predicted molar refractivity (Wildman–Crippen MR) is 125 cm³/mol. The second kappa shape index (κ2) is 8.42. The maximum absolute atomic E-state index is 13.7. The third-order valence-electron chi connectivity index (χ3n) is 7.01. The van der Waals surface area contributed by atoms with E-state index in [1.807, 2.05) is 6.07 Å². The average molecular weight is 511 g/mol. The lowest BCUT2D eigenvalue weighted by molar-refractivity contribution is -0.0696. The van der Waals surface area contributed by atoms with Crippen LogP contribution in [0, 0.1) is 6.92 Å². The third-order valence-corrected chi connectivity index (χ3v) is 7.01. The summed E-state index contributed by atoms with van der Waals surface area (Å²) in [6.45, 7) is 4.49. The summed E-state index contributed by atoms with van der Waals surface area (Å²) in [7, 11) is 0. The topological polar surface area (TPSA) is 107 Å². The molecule has 7 heterocycles. The van der Waals surface area contributed by atoms with Crippen LogP contribution in [0.3, 0.4) is 0 Å². The molecule has 13 heteroatoms. The average Bonchev–Trinajstić information content (AvgIpc) is 3.44. The maximum atomic E-state index is 13.7. The van der Waals surface area contributed by atoms with Gasteiger partial charge < -0.3 is 18.9 Å². The Morgan fingerprint density at radius 1 is 1.16 bits per heavy atom. The van der Waals surface area contributed by atoms with Crippen molar-refractivity contribution in [1.29, 1.82) is 0 Å². The number of anilines is 1. The number of aromatic nitrogens is 6. The van der Waals surface area contributed by atoms with Crippen LogP contribution in [0.2, 0.25) is 0 Å². The minimum Gasteiger partial charge on any atom is -0.469 e. The van der Waals surface area contributed by atoms with Crippen LogP contribution in [0.5, 0.6) is 5.88 Å². The van der Waals surface area contributed by atoms with Crippen LogP contribution in [0.1, 0.15) is 22.7 Å². The van der Waals surface area contributed by atoms with E-state index in [9.17, 15) is 8.78 Å². The highest BCUT2D eigenvalue weighted by molar-refractivity contribution is 5.65. The van der Waals surface area contributed by atoms with E-state index in [1.54, 1.807) is 19.1 Å². The molecule has 0 aromatic carbocycles. The number of rotatable bonds is 6. The van der Waals surface area contributed by atoms with Crippen molar-refractivity contribution in [2.75, 3.05) is 37.7 Å². The van der Waals surface area contributed by atoms with Gasteiger partial charge in [-0.05, 0) is 18.6 Å². The Morgan fingerprint density at radius 3 is 2.76 bits per heavy atom. The van der Waals surface area contributed by atoms with Gasteiger partial charge in [0.15, 0.2) is 11.3 Å². The van der Waals surface area contributed by atoms with Crippen LogP contribution < -0.4 is 9.64 Å². The second-order valence-corrected chi connectivity index (χ2v) is 9.77. The largest absolute Gasteiger partial charge is 0.469 e. The van der Waals surface area contributed by atoms with E-state index in [0.29, 0.717) is 34.7 Å². The SMILES string of the molecule is Cc1cc(-c2nnc3cc(N4CC(F)(F)C4)c(OCc4ccc5c(n4)CCN(C4COC4)C5)nn23)no1. The molecule has 37 heavy (non-hydrogen) atoms. The number of nitrogens with zero attached hydrogens (tertiary/aromatic N) is 8. The zero-order valence-electron chi connectivity index (χ0n) is 20.1. The zero-order chi connectivity index (χ0) is 25.1. The van der Waals surface area contributed by atoms with Crippen molar-refractivity contribution < 1.29 is 22.8 Å². The van der Waals surface area contributed by atoms with Gasteiger partial charge in [0.2, 0.25) is 5.82 Å². The molecule has 0 bridgehead atoms. The first-order valence-corrected chi connectivity index (χ1v) is 12.2. The molecule has 11 nitrogen and oxygen atoms in total. The normalized spacial score (nSPS) is 19.5. The van der Waals surface area contributed by atoms with Crippen molar-refractivity contribution in [2.45, 2.75) is 38.5 Å². The molecule has 4 aromatic rings. The summed E-state index contributed by atoms with van der Waals surface area (Å²) >= 11 is 0. The molecule has 0 N–H and O–H groups in total. The Labute approximate surface area is 210 Å². The minimum absolute atomic E-state index is 0.143. The number of hydrogen-bond acceptors (Lipinski definition) is 10. The quantitative estimate of drug-likeness (QED) is 0.383. The summed E-state index contributed by atoms with van der Waals surface area (Å²) < 4.78 is 45.4. The minimum atomic E-state index is -2.75. The summed E-state index contributed by atoms with van der Waals surface area (Å²) in [6.07, 6.45) is 0.860. The van der Waals surface area contributed by atoms with Crippen molar-refractivity contribution in [1.82, 2.24) is 34.9 Å². The summed E-state index contributed by atoms with van der Waals surface area (Å²) in [5, 5.41) is 16.9. The zero-order valence-corrected chi connectivity index (χ0v) is 20.1. The van der Waals surface area contributed by atoms with E-state index in [0.717, 1.165) is 44.1 Å². The molecule has 2 fully saturated rings. The molecular weight excluding hydrogens is 486 g/mol.